The van der Waals surface area contributed by atoms with Gasteiger partial charge in [0.1, 0.15) is 24.2 Å². The normalized spacial score (nSPS) is 11.7. The van der Waals surface area contributed by atoms with Gasteiger partial charge in [-0.2, -0.15) is 5.26 Å². The number of rotatable bonds is 7. The molecule has 1 N–H and O–H groups in total. The minimum Gasteiger partial charge on any atom is -0.361 e. The van der Waals surface area contributed by atoms with Crippen LogP contribution in [0.5, 0.6) is 0 Å². The molecule has 10 heteroatoms. The Balaban J connectivity index is 1.73. The standard InChI is InChI=1S/C26H25ClF2N4O2Si/c1-15-31-22(13-33(15)14-35-7-8-36(2,3)4)24-19(28)10-21-25(26(24)29)23(34)11-20(32-21)17-9-16(12-30)5-6-18(17)27/h5-6,9-11,13H,7-8,14H2,1-4H3,(H,32,34). The highest BCUT2D eigenvalue weighted by atomic mass is 35.5. The van der Waals surface area contributed by atoms with Gasteiger partial charge in [-0.05, 0) is 37.2 Å². The first kappa shape index (κ1) is 25.8. The third-order valence-electron chi connectivity index (χ3n) is 5.85. The van der Waals surface area contributed by atoms with Crippen LogP contribution in [-0.4, -0.2) is 29.2 Å². The van der Waals surface area contributed by atoms with Crippen LogP contribution in [0.1, 0.15) is 11.4 Å². The van der Waals surface area contributed by atoms with Gasteiger partial charge in [0.25, 0.3) is 0 Å². The number of H-pyrrole nitrogens is 1. The molecular formula is C26H25ClF2N4O2Si. The fourth-order valence-electron chi connectivity index (χ4n) is 3.82. The number of aromatic nitrogens is 3. The third kappa shape index (κ3) is 5.26. The summed E-state index contributed by atoms with van der Waals surface area (Å²) in [6.45, 7) is 9.30. The molecule has 0 aliphatic rings. The number of pyridine rings is 1. The van der Waals surface area contributed by atoms with Crippen molar-refractivity contribution in [2.75, 3.05) is 6.61 Å². The van der Waals surface area contributed by atoms with Crippen LogP contribution in [0.25, 0.3) is 33.4 Å². The molecule has 0 atom stereocenters. The second-order valence-corrected chi connectivity index (χ2v) is 15.8. The van der Waals surface area contributed by atoms with Crippen molar-refractivity contribution < 1.29 is 13.5 Å². The Morgan fingerprint density at radius 2 is 1.97 bits per heavy atom. The Morgan fingerprint density at radius 1 is 1.22 bits per heavy atom. The van der Waals surface area contributed by atoms with Crippen LogP contribution in [0.3, 0.4) is 0 Å². The van der Waals surface area contributed by atoms with Crippen LogP contribution in [0.15, 0.2) is 41.3 Å². The number of hydrogen-bond acceptors (Lipinski definition) is 4. The highest BCUT2D eigenvalue weighted by molar-refractivity contribution is 6.76. The zero-order chi connectivity index (χ0) is 26.2. The van der Waals surface area contributed by atoms with Crippen molar-refractivity contribution in [3.8, 4) is 28.6 Å². The van der Waals surface area contributed by atoms with E-state index in [2.05, 4.69) is 29.6 Å². The topological polar surface area (TPSA) is 83.7 Å². The molecule has 0 amide bonds. The van der Waals surface area contributed by atoms with E-state index >= 15 is 8.78 Å². The van der Waals surface area contributed by atoms with Crippen LogP contribution in [0.4, 0.5) is 8.78 Å². The number of aromatic amines is 1. The summed E-state index contributed by atoms with van der Waals surface area (Å²) in [6, 6.07) is 9.82. The summed E-state index contributed by atoms with van der Waals surface area (Å²) in [5.41, 5.74) is -0.0266. The van der Waals surface area contributed by atoms with E-state index in [-0.39, 0.29) is 39.6 Å². The van der Waals surface area contributed by atoms with Crippen molar-refractivity contribution in [1.82, 2.24) is 14.5 Å². The van der Waals surface area contributed by atoms with Crippen molar-refractivity contribution >= 4 is 30.6 Å². The van der Waals surface area contributed by atoms with Gasteiger partial charge in [0.2, 0.25) is 0 Å². The predicted octanol–water partition coefficient (Wildman–Crippen LogP) is 6.48. The molecule has 2 aromatic heterocycles. The quantitative estimate of drug-likeness (QED) is 0.220. The van der Waals surface area contributed by atoms with Crippen LogP contribution in [-0.2, 0) is 11.5 Å². The molecule has 0 spiro atoms. The molecule has 2 heterocycles. The predicted molar refractivity (Wildman–Crippen MR) is 140 cm³/mol. The smallest absolute Gasteiger partial charge is 0.193 e. The summed E-state index contributed by atoms with van der Waals surface area (Å²) in [4.78, 5) is 20.1. The lowest BCUT2D eigenvalue weighted by Crippen LogP contribution is -2.22. The van der Waals surface area contributed by atoms with Crippen molar-refractivity contribution in [3.05, 3.63) is 74.8 Å². The first-order valence-electron chi connectivity index (χ1n) is 11.4. The van der Waals surface area contributed by atoms with Crippen molar-refractivity contribution in [2.24, 2.45) is 0 Å². The number of benzene rings is 2. The van der Waals surface area contributed by atoms with E-state index in [0.717, 1.165) is 12.1 Å². The number of fused-ring (bicyclic) bond motifs is 1. The van der Waals surface area contributed by atoms with Gasteiger partial charge >= 0.3 is 0 Å². The lowest BCUT2D eigenvalue weighted by atomic mass is 10.0. The van der Waals surface area contributed by atoms with E-state index in [1.807, 2.05) is 6.07 Å². The molecule has 4 aromatic rings. The van der Waals surface area contributed by atoms with Gasteiger partial charge in [-0.25, -0.2) is 13.8 Å². The molecule has 0 unspecified atom stereocenters. The van der Waals surface area contributed by atoms with Crippen LogP contribution in [0, 0.1) is 29.9 Å². The fraction of sp³-hybridized carbons (Fsp3) is 0.269. The summed E-state index contributed by atoms with van der Waals surface area (Å²) in [5, 5.41) is 9.17. The largest absolute Gasteiger partial charge is 0.361 e. The van der Waals surface area contributed by atoms with Gasteiger partial charge in [0, 0.05) is 37.5 Å². The molecule has 0 saturated carbocycles. The van der Waals surface area contributed by atoms with E-state index in [1.165, 1.54) is 30.5 Å². The number of aryl methyl sites for hydroxylation is 1. The van der Waals surface area contributed by atoms with Gasteiger partial charge in [-0.1, -0.05) is 31.2 Å². The monoisotopic (exact) mass is 526 g/mol. The number of imidazole rings is 1. The summed E-state index contributed by atoms with van der Waals surface area (Å²) in [6.07, 6.45) is 1.52. The Bertz CT molecular complexity index is 1570. The van der Waals surface area contributed by atoms with Gasteiger partial charge in [0.05, 0.1) is 39.5 Å². The molecule has 4 rings (SSSR count). The summed E-state index contributed by atoms with van der Waals surface area (Å²) in [5.74, 6) is -1.33. The summed E-state index contributed by atoms with van der Waals surface area (Å²) < 4.78 is 38.2. The highest BCUT2D eigenvalue weighted by Crippen LogP contribution is 2.32. The number of halogens is 3. The van der Waals surface area contributed by atoms with E-state index in [0.29, 0.717) is 23.6 Å². The van der Waals surface area contributed by atoms with Crippen molar-refractivity contribution in [2.45, 2.75) is 39.3 Å². The molecular weight excluding hydrogens is 502 g/mol. The molecule has 6 nitrogen and oxygen atoms in total. The Morgan fingerprint density at radius 3 is 2.67 bits per heavy atom. The minimum atomic E-state index is -1.24. The molecule has 0 radical (unpaired) electrons. The minimum absolute atomic E-state index is 0.0273. The fourth-order valence-corrected chi connectivity index (χ4v) is 4.80. The van der Waals surface area contributed by atoms with Gasteiger partial charge in [-0.15, -0.1) is 0 Å². The second kappa shape index (κ2) is 9.97. The maximum absolute atomic E-state index is 15.6. The zero-order valence-corrected chi connectivity index (χ0v) is 22.1. The molecule has 2 aromatic carbocycles. The van der Waals surface area contributed by atoms with Crippen molar-refractivity contribution in [1.29, 1.82) is 5.26 Å². The lowest BCUT2D eigenvalue weighted by Gasteiger charge is -2.15. The molecule has 0 bridgehead atoms. The third-order valence-corrected chi connectivity index (χ3v) is 7.89. The van der Waals surface area contributed by atoms with Gasteiger partial charge in [0.15, 0.2) is 5.43 Å². The maximum Gasteiger partial charge on any atom is 0.193 e. The first-order chi connectivity index (χ1) is 17.0. The first-order valence-corrected chi connectivity index (χ1v) is 15.4. The molecule has 0 aliphatic heterocycles. The van der Waals surface area contributed by atoms with E-state index in [4.69, 9.17) is 16.3 Å². The van der Waals surface area contributed by atoms with E-state index < -0.39 is 25.1 Å². The Hall–Kier alpha value is -3.32. The number of nitrogens with one attached hydrogen (secondary N) is 1. The zero-order valence-electron chi connectivity index (χ0n) is 20.4. The molecule has 36 heavy (non-hydrogen) atoms. The number of nitrogens with zero attached hydrogens (tertiary/aromatic N) is 3. The maximum atomic E-state index is 15.6. The second-order valence-electron chi connectivity index (χ2n) is 9.81. The Kier molecular flexibility index (Phi) is 7.14. The SMILES string of the molecule is Cc1nc(-c2c(F)cc3[nH]c(-c4cc(C#N)ccc4Cl)cc(=O)c3c2F)cn1COCC[Si](C)(C)C. The van der Waals surface area contributed by atoms with Crippen LogP contribution in [0.2, 0.25) is 30.7 Å². The summed E-state index contributed by atoms with van der Waals surface area (Å²) >= 11 is 6.25. The molecule has 0 saturated heterocycles. The van der Waals surface area contributed by atoms with Gasteiger partial charge < -0.3 is 14.3 Å². The van der Waals surface area contributed by atoms with E-state index in [1.54, 1.807) is 11.5 Å². The molecule has 0 aliphatic carbocycles. The number of ether oxygens (including phenoxy) is 1. The van der Waals surface area contributed by atoms with Gasteiger partial charge in [-0.3, -0.25) is 4.79 Å². The summed E-state index contributed by atoms with van der Waals surface area (Å²) in [7, 11) is -1.24. The van der Waals surface area contributed by atoms with Crippen LogP contribution >= 0.6 is 11.6 Å². The molecule has 0 fully saturated rings. The molecule has 186 valence electrons. The number of nitriles is 1. The van der Waals surface area contributed by atoms with Crippen LogP contribution < -0.4 is 5.43 Å². The Labute approximate surface area is 213 Å². The average Bonchev–Trinajstić information content (AvgIpc) is 3.15. The van der Waals surface area contributed by atoms with E-state index in [9.17, 15) is 10.1 Å². The highest BCUT2D eigenvalue weighted by Gasteiger charge is 2.22. The number of hydrogen-bond donors (Lipinski definition) is 1. The average molecular weight is 527 g/mol. The lowest BCUT2D eigenvalue weighted by molar-refractivity contribution is 0.0858. The van der Waals surface area contributed by atoms with Crippen molar-refractivity contribution in [3.63, 3.8) is 0 Å².